The van der Waals surface area contributed by atoms with E-state index in [-0.39, 0.29) is 0 Å². The van der Waals surface area contributed by atoms with Crippen molar-refractivity contribution in [1.82, 2.24) is 19.6 Å². The highest BCUT2D eigenvalue weighted by molar-refractivity contribution is 6.29. The number of benzene rings is 1. The van der Waals surface area contributed by atoms with Gasteiger partial charge in [0.2, 0.25) is 0 Å². The van der Waals surface area contributed by atoms with Gasteiger partial charge in [-0.2, -0.15) is 5.10 Å². The smallest absolute Gasteiger partial charge is 0.157 e. The van der Waals surface area contributed by atoms with Gasteiger partial charge >= 0.3 is 0 Å². The zero-order chi connectivity index (χ0) is 15.4. The monoisotopic (exact) mass is 320 g/mol. The van der Waals surface area contributed by atoms with Gasteiger partial charge in [-0.1, -0.05) is 29.8 Å². The van der Waals surface area contributed by atoms with Gasteiger partial charge in [-0.3, -0.25) is 4.98 Å². The third-order valence-corrected chi connectivity index (χ3v) is 4.77. The zero-order valence-electron chi connectivity index (χ0n) is 12.2. The van der Waals surface area contributed by atoms with Gasteiger partial charge in [-0.25, -0.2) is 9.50 Å². The predicted octanol–water partition coefficient (Wildman–Crippen LogP) is 4.20. The predicted molar refractivity (Wildman–Crippen MR) is 89.8 cm³/mol. The van der Waals surface area contributed by atoms with Crippen LogP contribution in [0.1, 0.15) is 29.4 Å². The molecule has 4 aromatic rings. The van der Waals surface area contributed by atoms with Crippen molar-refractivity contribution in [3.8, 4) is 0 Å². The normalized spacial score (nSPS) is 20.2. The van der Waals surface area contributed by atoms with Crippen LogP contribution in [0, 0.1) is 0 Å². The second-order valence-corrected chi connectivity index (χ2v) is 6.42. The summed E-state index contributed by atoms with van der Waals surface area (Å²) in [7, 11) is 0. The first-order valence-electron chi connectivity index (χ1n) is 7.64. The lowest BCUT2D eigenvalue weighted by Gasteiger charge is -2.05. The Morgan fingerprint density at radius 1 is 1.09 bits per heavy atom. The van der Waals surface area contributed by atoms with Crippen molar-refractivity contribution in [2.45, 2.75) is 18.3 Å². The number of halogens is 1. The summed E-state index contributed by atoms with van der Waals surface area (Å²) in [6.07, 6.45) is 6.69. The molecular weight excluding hydrogens is 308 g/mol. The fourth-order valence-electron chi connectivity index (χ4n) is 3.38. The molecule has 23 heavy (non-hydrogen) atoms. The molecule has 3 heterocycles. The van der Waals surface area contributed by atoms with Gasteiger partial charge in [0, 0.05) is 29.5 Å². The molecule has 5 heteroatoms. The molecule has 4 nitrogen and oxygen atoms in total. The van der Waals surface area contributed by atoms with E-state index in [9.17, 15) is 0 Å². The quantitative estimate of drug-likeness (QED) is 0.556. The van der Waals surface area contributed by atoms with Gasteiger partial charge < -0.3 is 0 Å². The van der Waals surface area contributed by atoms with Gasteiger partial charge in [-0.05, 0) is 42.0 Å². The Morgan fingerprint density at radius 3 is 2.96 bits per heavy atom. The average Bonchev–Trinajstić information content (AvgIpc) is 3.23. The lowest BCUT2D eigenvalue weighted by molar-refractivity contribution is 0.905. The van der Waals surface area contributed by atoms with Crippen molar-refractivity contribution in [3.05, 3.63) is 71.3 Å². The molecule has 0 unspecified atom stereocenters. The average molecular weight is 321 g/mol. The molecule has 0 N–H and O–H groups in total. The minimum Gasteiger partial charge on any atom is -0.256 e. The molecular formula is C18H13ClN4. The summed E-state index contributed by atoms with van der Waals surface area (Å²) in [4.78, 5) is 9.01. The number of para-hydroxylation sites is 1. The van der Waals surface area contributed by atoms with Crippen molar-refractivity contribution in [3.63, 3.8) is 0 Å². The lowest BCUT2D eigenvalue weighted by atomic mass is 10.1. The van der Waals surface area contributed by atoms with E-state index in [1.54, 1.807) is 10.7 Å². The second kappa shape index (κ2) is 4.77. The van der Waals surface area contributed by atoms with E-state index in [2.05, 4.69) is 33.3 Å². The van der Waals surface area contributed by atoms with Crippen LogP contribution in [0.2, 0.25) is 5.15 Å². The number of imidazole rings is 1. The molecule has 0 spiro atoms. The molecule has 5 rings (SSSR count). The highest BCUT2D eigenvalue weighted by atomic mass is 35.5. The summed E-state index contributed by atoms with van der Waals surface area (Å²) in [5, 5.41) is 5.95. The van der Waals surface area contributed by atoms with Crippen LogP contribution in [-0.2, 0) is 0 Å². The Kier molecular flexibility index (Phi) is 2.70. The molecule has 1 aliphatic rings. The van der Waals surface area contributed by atoms with Crippen LogP contribution in [0.25, 0.3) is 16.6 Å². The first-order valence-corrected chi connectivity index (χ1v) is 8.02. The maximum atomic E-state index is 6.15. The molecule has 0 bridgehead atoms. The maximum Gasteiger partial charge on any atom is 0.157 e. The van der Waals surface area contributed by atoms with Crippen molar-refractivity contribution in [2.24, 2.45) is 0 Å². The Labute approximate surface area is 137 Å². The number of hydrogen-bond acceptors (Lipinski definition) is 3. The van der Waals surface area contributed by atoms with E-state index in [1.807, 2.05) is 30.6 Å². The van der Waals surface area contributed by atoms with E-state index in [4.69, 9.17) is 11.6 Å². The molecule has 0 saturated heterocycles. The Bertz CT molecular complexity index is 1040. The van der Waals surface area contributed by atoms with Crippen LogP contribution in [0.3, 0.4) is 0 Å². The Balaban J connectivity index is 1.55. The number of hydrogen-bond donors (Lipinski definition) is 0. The van der Waals surface area contributed by atoms with Gasteiger partial charge in [-0.15, -0.1) is 0 Å². The van der Waals surface area contributed by atoms with E-state index in [0.29, 0.717) is 17.0 Å². The molecule has 3 aromatic heterocycles. The van der Waals surface area contributed by atoms with E-state index in [1.165, 1.54) is 16.5 Å². The highest BCUT2D eigenvalue weighted by Gasteiger charge is 2.41. The lowest BCUT2D eigenvalue weighted by Crippen LogP contribution is -1.96. The largest absolute Gasteiger partial charge is 0.256 e. The van der Waals surface area contributed by atoms with E-state index >= 15 is 0 Å². The third-order valence-electron chi connectivity index (χ3n) is 4.59. The van der Waals surface area contributed by atoms with Gasteiger partial charge in [0.1, 0.15) is 5.15 Å². The summed E-state index contributed by atoms with van der Waals surface area (Å²) in [6, 6.07) is 12.4. The molecule has 0 radical (unpaired) electrons. The van der Waals surface area contributed by atoms with Gasteiger partial charge in [0.15, 0.2) is 5.65 Å². The van der Waals surface area contributed by atoms with Crippen LogP contribution in [0.4, 0.5) is 0 Å². The standard InChI is InChI=1S/C18H13ClN4/c19-17-9-15(18-20-5-6-23(18)22-17)14-8-13(14)12-7-11-3-1-2-4-16(11)21-10-12/h1-7,9-10,13-14H,8H2/t13-,14+/m1/s1. The fraction of sp³-hybridized carbons (Fsp3) is 0.167. The minimum atomic E-state index is 0.434. The Morgan fingerprint density at radius 2 is 2.00 bits per heavy atom. The molecule has 2 atom stereocenters. The van der Waals surface area contributed by atoms with Crippen molar-refractivity contribution in [2.75, 3.05) is 0 Å². The maximum absolute atomic E-state index is 6.15. The molecule has 0 aliphatic heterocycles. The summed E-state index contributed by atoms with van der Waals surface area (Å²) < 4.78 is 1.76. The van der Waals surface area contributed by atoms with Crippen molar-refractivity contribution < 1.29 is 0 Å². The SMILES string of the molecule is Clc1cc([C@H]2C[C@@H]2c2cnc3ccccc3c2)c2nccn2n1. The zero-order valence-corrected chi connectivity index (χ0v) is 13.0. The van der Waals surface area contributed by atoms with Crippen LogP contribution < -0.4 is 0 Å². The molecule has 112 valence electrons. The van der Waals surface area contributed by atoms with Gasteiger partial charge in [0.05, 0.1) is 5.52 Å². The van der Waals surface area contributed by atoms with E-state index in [0.717, 1.165) is 17.6 Å². The Hall–Kier alpha value is -2.46. The number of fused-ring (bicyclic) bond motifs is 2. The van der Waals surface area contributed by atoms with Crippen LogP contribution in [0.5, 0.6) is 0 Å². The number of nitrogens with zero attached hydrogens (tertiary/aromatic N) is 4. The minimum absolute atomic E-state index is 0.434. The summed E-state index contributed by atoms with van der Waals surface area (Å²) >= 11 is 6.15. The number of rotatable bonds is 2. The molecule has 1 aliphatic carbocycles. The summed E-state index contributed by atoms with van der Waals surface area (Å²) in [5.41, 5.74) is 4.39. The van der Waals surface area contributed by atoms with Crippen LogP contribution in [0.15, 0.2) is 55.0 Å². The first kappa shape index (κ1) is 13.0. The molecule has 1 saturated carbocycles. The number of pyridine rings is 1. The number of aromatic nitrogens is 4. The van der Waals surface area contributed by atoms with Gasteiger partial charge in [0.25, 0.3) is 0 Å². The fourth-order valence-corrected chi connectivity index (χ4v) is 3.58. The third kappa shape index (κ3) is 2.10. The highest BCUT2D eigenvalue weighted by Crippen LogP contribution is 2.55. The van der Waals surface area contributed by atoms with E-state index < -0.39 is 0 Å². The first-order chi connectivity index (χ1) is 11.3. The van der Waals surface area contributed by atoms with Crippen LogP contribution in [-0.4, -0.2) is 19.6 Å². The van der Waals surface area contributed by atoms with Crippen LogP contribution >= 0.6 is 11.6 Å². The van der Waals surface area contributed by atoms with Crippen molar-refractivity contribution >= 4 is 28.2 Å². The summed E-state index contributed by atoms with van der Waals surface area (Å²) in [5.74, 6) is 0.912. The van der Waals surface area contributed by atoms with Crippen molar-refractivity contribution in [1.29, 1.82) is 0 Å². The summed E-state index contributed by atoms with van der Waals surface area (Å²) in [6.45, 7) is 0. The second-order valence-electron chi connectivity index (χ2n) is 6.03. The molecule has 1 fully saturated rings. The topological polar surface area (TPSA) is 43.1 Å². The molecule has 0 amide bonds. The molecule has 1 aromatic carbocycles.